The normalized spacial score (nSPS) is 16.4. The van der Waals surface area contributed by atoms with Crippen molar-refractivity contribution in [2.75, 3.05) is 0 Å². The molecule has 2 aromatic rings. The summed E-state index contributed by atoms with van der Waals surface area (Å²) in [6, 6.07) is 14.0. The summed E-state index contributed by atoms with van der Waals surface area (Å²) in [6.07, 6.45) is 1.62. The van der Waals surface area contributed by atoms with E-state index in [-0.39, 0.29) is 23.4 Å². The standard InChI is InChI=1S/C17H12BrNO3S/c18-14-7-2-1-5-12(14)10-19-16(21)15(23-17(19)22)9-11-4-3-6-13(20)8-11/h1-9,20H,10H2/b15-9+. The first-order valence-electron chi connectivity index (χ1n) is 6.82. The van der Waals surface area contributed by atoms with Gasteiger partial charge in [-0.15, -0.1) is 0 Å². The first-order chi connectivity index (χ1) is 11.0. The van der Waals surface area contributed by atoms with Crippen LogP contribution in [0.1, 0.15) is 11.1 Å². The number of carbonyl (C=O) groups excluding carboxylic acids is 2. The third kappa shape index (κ3) is 3.48. The number of carbonyl (C=O) groups is 2. The molecule has 0 aromatic heterocycles. The van der Waals surface area contributed by atoms with Crippen molar-refractivity contribution in [1.29, 1.82) is 0 Å². The second-order valence-corrected chi connectivity index (χ2v) is 6.80. The van der Waals surface area contributed by atoms with Gasteiger partial charge in [0.2, 0.25) is 0 Å². The molecule has 1 N–H and O–H groups in total. The van der Waals surface area contributed by atoms with E-state index in [1.165, 1.54) is 4.90 Å². The number of nitrogens with zero attached hydrogens (tertiary/aromatic N) is 1. The molecule has 1 saturated heterocycles. The van der Waals surface area contributed by atoms with Crippen molar-refractivity contribution < 1.29 is 14.7 Å². The van der Waals surface area contributed by atoms with E-state index < -0.39 is 0 Å². The van der Waals surface area contributed by atoms with Crippen molar-refractivity contribution in [3.05, 3.63) is 69.0 Å². The minimum absolute atomic E-state index is 0.117. The maximum Gasteiger partial charge on any atom is 0.293 e. The molecule has 1 fully saturated rings. The second-order valence-electron chi connectivity index (χ2n) is 4.95. The number of hydrogen-bond acceptors (Lipinski definition) is 4. The van der Waals surface area contributed by atoms with Gasteiger partial charge in [-0.05, 0) is 47.2 Å². The average molecular weight is 390 g/mol. The summed E-state index contributed by atoms with van der Waals surface area (Å²) < 4.78 is 0.857. The highest BCUT2D eigenvalue weighted by Gasteiger charge is 2.35. The van der Waals surface area contributed by atoms with Crippen LogP contribution < -0.4 is 0 Å². The number of aromatic hydroxyl groups is 1. The summed E-state index contributed by atoms with van der Waals surface area (Å²) >= 11 is 4.33. The number of halogens is 1. The number of thioether (sulfide) groups is 1. The Morgan fingerprint density at radius 3 is 2.65 bits per heavy atom. The molecule has 3 rings (SSSR count). The highest BCUT2D eigenvalue weighted by atomic mass is 79.9. The van der Waals surface area contributed by atoms with Crippen LogP contribution in [0.25, 0.3) is 6.08 Å². The Morgan fingerprint density at radius 2 is 1.91 bits per heavy atom. The Hall–Kier alpha value is -2.05. The zero-order valence-corrected chi connectivity index (χ0v) is 14.3. The third-order valence-corrected chi connectivity index (χ3v) is 5.01. The van der Waals surface area contributed by atoms with E-state index in [2.05, 4.69) is 15.9 Å². The number of amides is 2. The first-order valence-corrected chi connectivity index (χ1v) is 8.43. The summed E-state index contributed by atoms with van der Waals surface area (Å²) in [7, 11) is 0. The predicted octanol–water partition coefficient (Wildman–Crippen LogP) is 4.39. The van der Waals surface area contributed by atoms with Crippen LogP contribution in [0.5, 0.6) is 5.75 Å². The third-order valence-electron chi connectivity index (χ3n) is 3.33. The van der Waals surface area contributed by atoms with Crippen molar-refractivity contribution >= 4 is 44.9 Å². The summed E-state index contributed by atoms with van der Waals surface area (Å²) in [5, 5.41) is 9.18. The van der Waals surface area contributed by atoms with Crippen LogP contribution in [0, 0.1) is 0 Å². The zero-order valence-electron chi connectivity index (χ0n) is 11.9. The molecule has 2 aromatic carbocycles. The molecule has 0 atom stereocenters. The molecule has 2 amide bonds. The smallest absolute Gasteiger partial charge is 0.293 e. The van der Waals surface area contributed by atoms with Crippen LogP contribution in [-0.4, -0.2) is 21.2 Å². The Labute approximate surface area is 145 Å². The van der Waals surface area contributed by atoms with Gasteiger partial charge >= 0.3 is 0 Å². The highest BCUT2D eigenvalue weighted by molar-refractivity contribution is 9.10. The van der Waals surface area contributed by atoms with Gasteiger partial charge in [-0.1, -0.05) is 46.3 Å². The van der Waals surface area contributed by atoms with E-state index in [4.69, 9.17) is 0 Å². The lowest BCUT2D eigenvalue weighted by atomic mass is 10.2. The van der Waals surface area contributed by atoms with Crippen LogP contribution in [0.3, 0.4) is 0 Å². The van der Waals surface area contributed by atoms with Gasteiger partial charge in [-0.2, -0.15) is 0 Å². The summed E-state index contributed by atoms with van der Waals surface area (Å²) in [4.78, 5) is 26.2. The van der Waals surface area contributed by atoms with Crippen LogP contribution in [0.4, 0.5) is 4.79 Å². The topological polar surface area (TPSA) is 57.6 Å². The maximum absolute atomic E-state index is 12.5. The molecule has 6 heteroatoms. The van der Waals surface area contributed by atoms with Crippen LogP contribution in [-0.2, 0) is 11.3 Å². The predicted molar refractivity (Wildman–Crippen MR) is 93.8 cm³/mol. The monoisotopic (exact) mass is 389 g/mol. The van der Waals surface area contributed by atoms with Crippen LogP contribution in [0.2, 0.25) is 0 Å². The van der Waals surface area contributed by atoms with Gasteiger partial charge in [0, 0.05) is 4.47 Å². The Morgan fingerprint density at radius 1 is 1.13 bits per heavy atom. The largest absolute Gasteiger partial charge is 0.508 e. The van der Waals surface area contributed by atoms with Gasteiger partial charge < -0.3 is 5.11 Å². The fraction of sp³-hybridized carbons (Fsp3) is 0.0588. The quantitative estimate of drug-likeness (QED) is 0.790. The van der Waals surface area contributed by atoms with E-state index in [0.717, 1.165) is 21.8 Å². The van der Waals surface area contributed by atoms with Gasteiger partial charge in [0.1, 0.15) is 5.75 Å². The Balaban J connectivity index is 1.84. The second kappa shape index (κ2) is 6.60. The van der Waals surface area contributed by atoms with Crippen molar-refractivity contribution in [3.8, 4) is 5.75 Å². The molecule has 116 valence electrons. The lowest BCUT2D eigenvalue weighted by molar-refractivity contribution is -0.123. The number of benzene rings is 2. The molecule has 1 aliphatic rings. The average Bonchev–Trinajstić information content (AvgIpc) is 2.77. The summed E-state index contributed by atoms with van der Waals surface area (Å²) in [5.74, 6) is -0.203. The van der Waals surface area contributed by atoms with Gasteiger partial charge in [0.05, 0.1) is 11.4 Å². The summed E-state index contributed by atoms with van der Waals surface area (Å²) in [5.41, 5.74) is 1.55. The van der Waals surface area contributed by atoms with Gasteiger partial charge in [-0.25, -0.2) is 0 Å². The Bertz CT molecular complexity index is 819. The van der Waals surface area contributed by atoms with Crippen molar-refractivity contribution in [2.24, 2.45) is 0 Å². The fourth-order valence-electron chi connectivity index (χ4n) is 2.20. The minimum atomic E-state index is -0.320. The van der Waals surface area contributed by atoms with Crippen molar-refractivity contribution in [2.45, 2.75) is 6.54 Å². The molecule has 1 heterocycles. The molecule has 4 nitrogen and oxygen atoms in total. The van der Waals surface area contributed by atoms with Crippen LogP contribution in [0.15, 0.2) is 57.9 Å². The first kappa shape index (κ1) is 15.8. The van der Waals surface area contributed by atoms with E-state index >= 15 is 0 Å². The molecular weight excluding hydrogens is 378 g/mol. The van der Waals surface area contributed by atoms with Gasteiger partial charge in [0.15, 0.2) is 0 Å². The summed E-state index contributed by atoms with van der Waals surface area (Å²) in [6.45, 7) is 0.226. The molecule has 23 heavy (non-hydrogen) atoms. The maximum atomic E-state index is 12.5. The van der Waals surface area contributed by atoms with E-state index in [1.54, 1.807) is 30.3 Å². The zero-order chi connectivity index (χ0) is 16.4. The molecule has 1 aliphatic heterocycles. The van der Waals surface area contributed by atoms with Gasteiger partial charge in [0.25, 0.3) is 11.1 Å². The van der Waals surface area contributed by atoms with Gasteiger partial charge in [-0.3, -0.25) is 14.5 Å². The fourth-order valence-corrected chi connectivity index (χ4v) is 3.45. The van der Waals surface area contributed by atoms with E-state index in [0.29, 0.717) is 10.5 Å². The molecule has 0 spiro atoms. The molecule has 0 saturated carbocycles. The molecule has 0 bridgehead atoms. The van der Waals surface area contributed by atoms with Crippen LogP contribution >= 0.6 is 27.7 Å². The lowest BCUT2D eigenvalue weighted by Gasteiger charge is -2.13. The molecule has 0 radical (unpaired) electrons. The molecule has 0 aliphatic carbocycles. The van der Waals surface area contributed by atoms with Crippen molar-refractivity contribution in [3.63, 3.8) is 0 Å². The molecule has 0 unspecified atom stereocenters. The Kier molecular flexibility index (Phi) is 4.54. The highest BCUT2D eigenvalue weighted by Crippen LogP contribution is 2.34. The number of imide groups is 1. The molecular formula is C17H12BrNO3S. The minimum Gasteiger partial charge on any atom is -0.508 e. The SMILES string of the molecule is O=C1S/C(=C/c2cccc(O)c2)C(=O)N1Cc1ccccc1Br. The van der Waals surface area contributed by atoms with E-state index in [1.807, 2.05) is 24.3 Å². The number of rotatable bonds is 3. The van der Waals surface area contributed by atoms with Crippen molar-refractivity contribution in [1.82, 2.24) is 4.90 Å². The number of phenols is 1. The number of hydrogen-bond donors (Lipinski definition) is 1. The van der Waals surface area contributed by atoms with E-state index in [9.17, 15) is 14.7 Å². The number of phenolic OH excluding ortho intramolecular Hbond substituents is 1. The lowest BCUT2D eigenvalue weighted by Crippen LogP contribution is -2.27.